The number of hydrogen-bond donors (Lipinski definition) is 0. The molecule has 0 spiro atoms. The van der Waals surface area contributed by atoms with Crippen LogP contribution in [0.5, 0.6) is 0 Å². The normalized spacial score (nSPS) is 18.7. The van der Waals surface area contributed by atoms with E-state index < -0.39 is 11.6 Å². The smallest absolute Gasteiger partial charge is 0.256 e. The number of rotatable bonds is 3. The van der Waals surface area contributed by atoms with Crippen LogP contribution in [0.2, 0.25) is 0 Å². The fourth-order valence-corrected chi connectivity index (χ4v) is 11.8. The Kier molecular flexibility index (Phi) is 9.41. The molecule has 0 saturated carbocycles. The van der Waals surface area contributed by atoms with E-state index in [2.05, 4.69) is 174 Å². The summed E-state index contributed by atoms with van der Waals surface area (Å²) in [6.07, 6.45) is 4.22. The molecule has 0 amide bonds. The molecule has 0 saturated heterocycles. The van der Waals surface area contributed by atoms with Gasteiger partial charge >= 0.3 is 0 Å². The summed E-state index contributed by atoms with van der Waals surface area (Å²) in [5.41, 5.74) is 15.8. The van der Waals surface area contributed by atoms with E-state index in [0.29, 0.717) is 5.56 Å². The lowest BCUT2D eigenvalue weighted by Crippen LogP contribution is -2.63. The molecule has 2 aliphatic carbocycles. The summed E-state index contributed by atoms with van der Waals surface area (Å²) in [7, 11) is 0. The molecule has 3 nitrogen and oxygen atoms in total. The minimum Gasteiger partial charge on any atom is -0.444 e. The van der Waals surface area contributed by atoms with Gasteiger partial charge in [0.2, 0.25) is 0 Å². The van der Waals surface area contributed by atoms with E-state index in [0.717, 1.165) is 76.9 Å². The maximum atomic E-state index is 16.5. The fraction of sp³-hybridized carbons (Fsp3) is 0.424. The van der Waals surface area contributed by atoms with Crippen molar-refractivity contribution >= 4 is 57.4 Å². The molecule has 0 radical (unpaired) electrons. The minimum atomic E-state index is -0.573. The lowest BCUT2D eigenvalue weighted by atomic mass is 9.32. The van der Waals surface area contributed by atoms with E-state index >= 15 is 8.78 Å². The van der Waals surface area contributed by atoms with Gasteiger partial charge in [0, 0.05) is 33.7 Å². The van der Waals surface area contributed by atoms with E-state index in [1.165, 1.54) is 56.8 Å². The van der Waals surface area contributed by atoms with Crippen molar-refractivity contribution in [3.8, 4) is 11.1 Å². The van der Waals surface area contributed by atoms with E-state index in [1.807, 2.05) is 6.07 Å². The molecule has 0 unspecified atom stereocenters. The highest BCUT2D eigenvalue weighted by molar-refractivity contribution is 7.00. The molecule has 65 heavy (non-hydrogen) atoms. The second kappa shape index (κ2) is 14.0. The van der Waals surface area contributed by atoms with Crippen molar-refractivity contribution in [1.82, 2.24) is 0 Å². The Morgan fingerprint density at radius 2 is 1.09 bits per heavy atom. The van der Waals surface area contributed by atoms with Crippen LogP contribution in [0.3, 0.4) is 0 Å². The SMILES string of the molecule is Cc1cc2c3c(c1)N(c1ccc(C(C)(C)C)cc1)c1oc4c(c1B3c1cc3c(cc1N2c1ccc(C(C)(C)C)cc1-c1c(F)cccc1F)C(C)(C)CCC3(C)C)C(C)(C)CCC4(C)C. The van der Waals surface area contributed by atoms with Crippen molar-refractivity contribution in [2.75, 3.05) is 9.80 Å². The van der Waals surface area contributed by atoms with Gasteiger partial charge in [-0.25, -0.2) is 8.78 Å². The minimum absolute atomic E-state index is 0.00560. The van der Waals surface area contributed by atoms with Crippen molar-refractivity contribution in [2.45, 2.75) is 162 Å². The van der Waals surface area contributed by atoms with E-state index in [1.54, 1.807) is 0 Å². The average Bonchev–Trinajstić information content (AvgIpc) is 3.63. The molecule has 6 aromatic rings. The van der Waals surface area contributed by atoms with Crippen LogP contribution in [0.25, 0.3) is 11.1 Å². The fourth-order valence-electron chi connectivity index (χ4n) is 11.8. The lowest BCUT2D eigenvalue weighted by Gasteiger charge is -2.47. The number of aryl methyl sites for hydroxylation is 1. The number of hydrogen-bond acceptors (Lipinski definition) is 3. The second-order valence-electron chi connectivity index (χ2n) is 24.7. The largest absolute Gasteiger partial charge is 0.444 e. The summed E-state index contributed by atoms with van der Waals surface area (Å²) >= 11 is 0. The number of halogens is 2. The van der Waals surface area contributed by atoms with Gasteiger partial charge in [0.15, 0.2) is 5.88 Å². The van der Waals surface area contributed by atoms with E-state index in [4.69, 9.17) is 4.42 Å². The Labute approximate surface area is 387 Å². The average molecular weight is 869 g/mol. The molecular weight excluding hydrogens is 801 g/mol. The third-order valence-electron chi connectivity index (χ3n) is 16.0. The zero-order valence-electron chi connectivity index (χ0n) is 41.5. The maximum Gasteiger partial charge on any atom is 0.256 e. The predicted octanol–water partition coefficient (Wildman–Crippen LogP) is 14.9. The first-order valence-electron chi connectivity index (χ1n) is 24.0. The molecule has 0 bridgehead atoms. The molecule has 0 fully saturated rings. The summed E-state index contributed by atoms with van der Waals surface area (Å²) in [5, 5.41) is 0. The molecule has 336 valence electrons. The quantitative estimate of drug-likeness (QED) is 0.165. The topological polar surface area (TPSA) is 19.6 Å². The van der Waals surface area contributed by atoms with Crippen LogP contribution in [0.15, 0.2) is 89.3 Å². The zero-order valence-corrected chi connectivity index (χ0v) is 41.5. The Hall–Kier alpha value is -5.10. The molecule has 3 heterocycles. The van der Waals surface area contributed by atoms with Gasteiger partial charge in [-0.05, 0) is 164 Å². The predicted molar refractivity (Wildman–Crippen MR) is 271 cm³/mol. The zero-order chi connectivity index (χ0) is 46.7. The van der Waals surface area contributed by atoms with Gasteiger partial charge < -0.3 is 9.32 Å². The molecule has 2 aliphatic heterocycles. The molecule has 1 aromatic heterocycles. The molecular formula is C59H67BF2N2O. The van der Waals surface area contributed by atoms with Crippen LogP contribution >= 0.6 is 0 Å². The van der Waals surface area contributed by atoms with Crippen molar-refractivity contribution < 1.29 is 13.2 Å². The molecule has 0 atom stereocenters. The van der Waals surface area contributed by atoms with Crippen LogP contribution < -0.4 is 26.2 Å². The van der Waals surface area contributed by atoms with Gasteiger partial charge in [-0.3, -0.25) is 4.90 Å². The summed E-state index contributed by atoms with van der Waals surface area (Å²) in [6, 6.07) is 29.3. The Morgan fingerprint density at radius 3 is 1.69 bits per heavy atom. The van der Waals surface area contributed by atoms with E-state index in [9.17, 15) is 0 Å². The van der Waals surface area contributed by atoms with Crippen LogP contribution in [0.1, 0.15) is 162 Å². The van der Waals surface area contributed by atoms with Gasteiger partial charge in [-0.1, -0.05) is 127 Å². The number of fused-ring (bicyclic) bond motifs is 7. The van der Waals surface area contributed by atoms with Gasteiger partial charge in [-0.2, -0.15) is 0 Å². The highest BCUT2D eigenvalue weighted by atomic mass is 19.1. The van der Waals surface area contributed by atoms with Gasteiger partial charge in [0.05, 0.1) is 11.3 Å². The van der Waals surface area contributed by atoms with Crippen LogP contribution in [0.4, 0.5) is 43.1 Å². The summed E-state index contributed by atoms with van der Waals surface area (Å²) in [4.78, 5) is 4.76. The molecule has 4 aliphatic rings. The third kappa shape index (κ3) is 6.61. The first kappa shape index (κ1) is 43.8. The lowest BCUT2D eigenvalue weighted by molar-refractivity contribution is 0.280. The monoisotopic (exact) mass is 869 g/mol. The van der Waals surface area contributed by atoms with Crippen LogP contribution in [0, 0.1) is 18.6 Å². The highest BCUT2D eigenvalue weighted by Crippen LogP contribution is 2.55. The standard InChI is InChI=1S/C59H67BF2N2O/c1-34-29-46-50-47(30-34)64(44-24-21-36(55(5,6)7)31-38(44)48-42(61)17-16-18-43(48)62)45-33-40-39(56(8,9)25-26-57(40,10)11)32-41(45)60(50)51-49-52(59(14,15)28-27-58(49,12)13)65-53(51)63(46)37-22-19-35(20-23-37)54(2,3)4/h16-24,29-33H,25-28H2,1-15H3. The Balaban J connectivity index is 1.38. The van der Waals surface area contributed by atoms with Crippen molar-refractivity contribution in [3.05, 3.63) is 136 Å². The highest BCUT2D eigenvalue weighted by Gasteiger charge is 2.53. The van der Waals surface area contributed by atoms with Crippen LogP contribution in [-0.4, -0.2) is 6.71 Å². The number of nitrogens with zero attached hydrogens (tertiary/aromatic N) is 2. The Morgan fingerprint density at radius 1 is 0.554 bits per heavy atom. The van der Waals surface area contributed by atoms with E-state index in [-0.39, 0.29) is 44.8 Å². The van der Waals surface area contributed by atoms with Crippen molar-refractivity contribution in [1.29, 1.82) is 0 Å². The first-order chi connectivity index (χ1) is 30.2. The summed E-state index contributed by atoms with van der Waals surface area (Å²) in [5.74, 6) is 0.836. The number of benzene rings is 5. The number of furan rings is 1. The molecule has 5 aromatic carbocycles. The first-order valence-corrected chi connectivity index (χ1v) is 24.0. The van der Waals surface area contributed by atoms with Crippen LogP contribution in [-0.2, 0) is 32.5 Å². The van der Waals surface area contributed by atoms with Gasteiger partial charge in [0.25, 0.3) is 6.71 Å². The van der Waals surface area contributed by atoms with Gasteiger partial charge in [-0.15, -0.1) is 0 Å². The number of anilines is 6. The Bertz CT molecular complexity index is 2930. The molecule has 10 rings (SSSR count). The summed E-state index contributed by atoms with van der Waals surface area (Å²) in [6.45, 7) is 34.4. The molecule has 0 N–H and O–H groups in total. The third-order valence-corrected chi connectivity index (χ3v) is 16.0. The summed E-state index contributed by atoms with van der Waals surface area (Å²) < 4.78 is 40.4. The van der Waals surface area contributed by atoms with Crippen molar-refractivity contribution in [2.24, 2.45) is 0 Å². The molecule has 6 heteroatoms. The van der Waals surface area contributed by atoms with Crippen molar-refractivity contribution in [3.63, 3.8) is 0 Å². The van der Waals surface area contributed by atoms with Gasteiger partial charge in [0.1, 0.15) is 17.4 Å². The second-order valence-corrected chi connectivity index (χ2v) is 24.7. The maximum absolute atomic E-state index is 16.5.